The molecule has 0 aliphatic heterocycles. The molecule has 0 bridgehead atoms. The van der Waals surface area contributed by atoms with E-state index in [0.717, 1.165) is 5.75 Å². The first-order chi connectivity index (χ1) is 6.76. The molecule has 0 saturated heterocycles. The summed E-state index contributed by atoms with van der Waals surface area (Å²) in [5, 5.41) is 0. The molecule has 0 aliphatic rings. The van der Waals surface area contributed by atoms with E-state index >= 15 is 0 Å². The molecule has 1 rings (SSSR count). The molecular formula is C10H16N2O2. The highest BCUT2D eigenvalue weighted by Gasteiger charge is 2.02. The maximum atomic E-state index is 5.42. The van der Waals surface area contributed by atoms with Crippen molar-refractivity contribution in [1.82, 2.24) is 4.98 Å². The van der Waals surface area contributed by atoms with Crippen LogP contribution in [0.5, 0.6) is 11.6 Å². The van der Waals surface area contributed by atoms with Gasteiger partial charge < -0.3 is 15.2 Å². The minimum absolute atomic E-state index is 0.0135. The minimum Gasteiger partial charge on any atom is -0.492 e. The van der Waals surface area contributed by atoms with Gasteiger partial charge in [-0.2, -0.15) is 0 Å². The lowest BCUT2D eigenvalue weighted by atomic mass is 10.4. The molecule has 2 N–H and O–H groups in total. The Morgan fingerprint density at radius 1 is 1.50 bits per heavy atom. The highest BCUT2D eigenvalue weighted by Crippen LogP contribution is 2.14. The first-order valence-electron chi connectivity index (χ1n) is 4.71. The molecule has 0 amide bonds. The SMILES string of the molecule is CCOc1ccc(O[C@H](C)CN)nc1. The Morgan fingerprint density at radius 2 is 2.29 bits per heavy atom. The molecule has 14 heavy (non-hydrogen) atoms. The fourth-order valence-corrected chi connectivity index (χ4v) is 0.943. The van der Waals surface area contributed by atoms with E-state index < -0.39 is 0 Å². The van der Waals surface area contributed by atoms with Crippen molar-refractivity contribution in [1.29, 1.82) is 0 Å². The molecule has 1 atom stereocenters. The van der Waals surface area contributed by atoms with Gasteiger partial charge in [-0.1, -0.05) is 0 Å². The maximum Gasteiger partial charge on any atom is 0.213 e. The molecule has 0 aromatic carbocycles. The first kappa shape index (κ1) is 10.8. The van der Waals surface area contributed by atoms with Gasteiger partial charge in [0.25, 0.3) is 0 Å². The van der Waals surface area contributed by atoms with Crippen LogP contribution in [0.3, 0.4) is 0 Å². The van der Waals surface area contributed by atoms with E-state index in [1.54, 1.807) is 12.3 Å². The number of hydrogen-bond donors (Lipinski definition) is 1. The lowest BCUT2D eigenvalue weighted by molar-refractivity contribution is 0.220. The van der Waals surface area contributed by atoms with Gasteiger partial charge in [-0.25, -0.2) is 4.98 Å². The summed E-state index contributed by atoms with van der Waals surface area (Å²) in [6.07, 6.45) is 1.63. The first-order valence-corrected chi connectivity index (χ1v) is 4.71. The Morgan fingerprint density at radius 3 is 2.79 bits per heavy atom. The summed E-state index contributed by atoms with van der Waals surface area (Å²) in [6, 6.07) is 3.60. The number of rotatable bonds is 5. The molecule has 0 radical (unpaired) electrons. The van der Waals surface area contributed by atoms with Gasteiger partial charge in [-0.3, -0.25) is 0 Å². The maximum absolute atomic E-state index is 5.42. The third-order valence-corrected chi connectivity index (χ3v) is 1.67. The zero-order valence-corrected chi connectivity index (χ0v) is 8.56. The van der Waals surface area contributed by atoms with E-state index in [-0.39, 0.29) is 6.10 Å². The van der Waals surface area contributed by atoms with Crippen LogP contribution >= 0.6 is 0 Å². The third-order valence-electron chi connectivity index (χ3n) is 1.67. The summed E-state index contributed by atoms with van der Waals surface area (Å²) in [6.45, 7) is 4.95. The van der Waals surface area contributed by atoms with E-state index in [4.69, 9.17) is 15.2 Å². The van der Waals surface area contributed by atoms with Gasteiger partial charge in [-0.15, -0.1) is 0 Å². The fourth-order valence-electron chi connectivity index (χ4n) is 0.943. The topological polar surface area (TPSA) is 57.4 Å². The van der Waals surface area contributed by atoms with Crippen molar-refractivity contribution in [3.8, 4) is 11.6 Å². The van der Waals surface area contributed by atoms with Crippen LogP contribution in [-0.2, 0) is 0 Å². The monoisotopic (exact) mass is 196 g/mol. The second-order valence-corrected chi connectivity index (χ2v) is 2.93. The Labute approximate surface area is 84.0 Å². The van der Waals surface area contributed by atoms with Crippen molar-refractivity contribution in [2.45, 2.75) is 20.0 Å². The second-order valence-electron chi connectivity index (χ2n) is 2.93. The summed E-state index contributed by atoms with van der Waals surface area (Å²) < 4.78 is 10.7. The molecule has 0 fully saturated rings. The minimum atomic E-state index is -0.0135. The molecule has 78 valence electrons. The van der Waals surface area contributed by atoms with Crippen LogP contribution in [0.4, 0.5) is 0 Å². The van der Waals surface area contributed by atoms with Crippen LogP contribution in [0, 0.1) is 0 Å². The van der Waals surface area contributed by atoms with Crippen LogP contribution < -0.4 is 15.2 Å². The Bertz CT molecular complexity index is 261. The van der Waals surface area contributed by atoms with Crippen LogP contribution in [0.2, 0.25) is 0 Å². The van der Waals surface area contributed by atoms with Gasteiger partial charge in [0.2, 0.25) is 5.88 Å². The predicted octanol–water partition coefficient (Wildman–Crippen LogP) is 1.21. The van der Waals surface area contributed by atoms with E-state index in [1.807, 2.05) is 19.9 Å². The summed E-state index contributed by atoms with van der Waals surface area (Å²) in [4.78, 5) is 4.08. The zero-order chi connectivity index (χ0) is 10.4. The van der Waals surface area contributed by atoms with Crippen LogP contribution in [0.25, 0.3) is 0 Å². The number of nitrogens with two attached hydrogens (primary N) is 1. The largest absolute Gasteiger partial charge is 0.492 e. The van der Waals surface area contributed by atoms with Gasteiger partial charge in [0.05, 0.1) is 12.8 Å². The molecule has 1 heterocycles. The molecular weight excluding hydrogens is 180 g/mol. The van der Waals surface area contributed by atoms with E-state index in [9.17, 15) is 0 Å². The summed E-state index contributed by atoms with van der Waals surface area (Å²) >= 11 is 0. The molecule has 0 unspecified atom stereocenters. The van der Waals surface area contributed by atoms with Gasteiger partial charge >= 0.3 is 0 Å². The molecule has 4 nitrogen and oxygen atoms in total. The number of ether oxygens (including phenoxy) is 2. The van der Waals surface area contributed by atoms with Gasteiger partial charge in [0.1, 0.15) is 11.9 Å². The quantitative estimate of drug-likeness (QED) is 0.769. The normalized spacial score (nSPS) is 12.2. The Hall–Kier alpha value is -1.29. The Kier molecular flexibility index (Phi) is 4.19. The lowest BCUT2D eigenvalue weighted by Gasteiger charge is -2.11. The number of aromatic nitrogens is 1. The highest BCUT2D eigenvalue weighted by atomic mass is 16.5. The number of hydrogen-bond acceptors (Lipinski definition) is 4. The standard InChI is InChI=1S/C10H16N2O2/c1-3-13-9-4-5-10(12-7-9)14-8(2)6-11/h4-5,7-8H,3,6,11H2,1-2H3/t8-/m1/s1. The van der Waals surface area contributed by atoms with Crippen molar-refractivity contribution in [3.63, 3.8) is 0 Å². The van der Waals surface area contributed by atoms with Crippen molar-refractivity contribution in [2.24, 2.45) is 5.73 Å². The summed E-state index contributed by atoms with van der Waals surface area (Å²) in [5.74, 6) is 1.33. The van der Waals surface area contributed by atoms with E-state index in [2.05, 4.69) is 4.98 Å². The highest BCUT2D eigenvalue weighted by molar-refractivity contribution is 5.22. The van der Waals surface area contributed by atoms with E-state index in [0.29, 0.717) is 19.0 Å². The Balaban J connectivity index is 2.54. The molecule has 0 spiro atoms. The molecule has 4 heteroatoms. The second kappa shape index (κ2) is 5.44. The average molecular weight is 196 g/mol. The smallest absolute Gasteiger partial charge is 0.213 e. The van der Waals surface area contributed by atoms with Crippen LogP contribution in [0.15, 0.2) is 18.3 Å². The molecule has 1 aromatic heterocycles. The van der Waals surface area contributed by atoms with Crippen LogP contribution in [-0.4, -0.2) is 24.2 Å². The fraction of sp³-hybridized carbons (Fsp3) is 0.500. The summed E-state index contributed by atoms with van der Waals surface area (Å²) in [5.41, 5.74) is 5.42. The van der Waals surface area contributed by atoms with Crippen molar-refractivity contribution in [3.05, 3.63) is 18.3 Å². The zero-order valence-electron chi connectivity index (χ0n) is 8.56. The van der Waals surface area contributed by atoms with Gasteiger partial charge in [0, 0.05) is 12.6 Å². The molecule has 1 aromatic rings. The molecule has 0 aliphatic carbocycles. The van der Waals surface area contributed by atoms with Gasteiger partial charge in [0.15, 0.2) is 0 Å². The predicted molar refractivity (Wildman–Crippen MR) is 54.6 cm³/mol. The molecule has 0 saturated carbocycles. The number of pyridine rings is 1. The summed E-state index contributed by atoms with van der Waals surface area (Å²) in [7, 11) is 0. The van der Waals surface area contributed by atoms with Crippen LogP contribution in [0.1, 0.15) is 13.8 Å². The van der Waals surface area contributed by atoms with E-state index in [1.165, 1.54) is 0 Å². The van der Waals surface area contributed by atoms with Gasteiger partial charge in [-0.05, 0) is 19.9 Å². The van der Waals surface area contributed by atoms with Crippen molar-refractivity contribution in [2.75, 3.05) is 13.2 Å². The number of nitrogens with zero attached hydrogens (tertiary/aromatic N) is 1. The average Bonchev–Trinajstić information content (AvgIpc) is 2.21. The van der Waals surface area contributed by atoms with Crippen molar-refractivity contribution < 1.29 is 9.47 Å². The lowest BCUT2D eigenvalue weighted by Crippen LogP contribution is -2.23. The third kappa shape index (κ3) is 3.22. The van der Waals surface area contributed by atoms with Crippen molar-refractivity contribution >= 4 is 0 Å².